The van der Waals surface area contributed by atoms with Gasteiger partial charge in [-0.15, -0.1) is 0 Å². The van der Waals surface area contributed by atoms with Crippen LogP contribution in [-0.2, 0) is 16.1 Å². The molecule has 1 aromatic rings. The summed E-state index contributed by atoms with van der Waals surface area (Å²) < 4.78 is 5.17. The van der Waals surface area contributed by atoms with Gasteiger partial charge in [0.05, 0.1) is 7.11 Å². The summed E-state index contributed by atoms with van der Waals surface area (Å²) in [7, 11) is 1.57. The molecule has 1 rings (SSSR count). The van der Waals surface area contributed by atoms with Gasteiger partial charge in [0.1, 0.15) is 5.75 Å². The molecular weight excluding hydrogens is 244 g/mol. The number of para-hydroxylation sites is 1. The molecule has 0 radical (unpaired) electrons. The lowest BCUT2D eigenvalue weighted by atomic mass is 10.2. The maximum atomic E-state index is 11.6. The molecule has 0 unspecified atom stereocenters. The molecule has 1 aromatic carbocycles. The van der Waals surface area contributed by atoms with Gasteiger partial charge in [-0.3, -0.25) is 9.59 Å². The first kappa shape index (κ1) is 15.0. The van der Waals surface area contributed by atoms with E-state index in [1.54, 1.807) is 13.2 Å². The molecule has 0 saturated heterocycles. The molecule has 0 bridgehead atoms. The molecule has 0 heterocycles. The van der Waals surface area contributed by atoms with Crippen LogP contribution in [0.3, 0.4) is 0 Å². The second-order valence-electron chi connectivity index (χ2n) is 4.60. The minimum atomic E-state index is -0.633. The van der Waals surface area contributed by atoms with Gasteiger partial charge in [-0.2, -0.15) is 0 Å². The monoisotopic (exact) mass is 264 g/mol. The van der Waals surface area contributed by atoms with Crippen LogP contribution in [-0.4, -0.2) is 25.5 Å². The standard InChI is InChI=1S/C14H20N2O3/c1-10(2)8-15-13(17)14(18)16-9-11-6-4-5-7-12(11)19-3/h4-7,10H,8-9H2,1-3H3,(H,15,17)(H,16,18). The zero-order chi connectivity index (χ0) is 14.3. The highest BCUT2D eigenvalue weighted by molar-refractivity contribution is 6.35. The van der Waals surface area contributed by atoms with Crippen molar-refractivity contribution in [2.24, 2.45) is 5.92 Å². The SMILES string of the molecule is COc1ccccc1CNC(=O)C(=O)NCC(C)C. The fraction of sp³-hybridized carbons (Fsp3) is 0.429. The average Bonchev–Trinajstić information content (AvgIpc) is 2.42. The largest absolute Gasteiger partial charge is 0.496 e. The maximum Gasteiger partial charge on any atom is 0.309 e. The van der Waals surface area contributed by atoms with E-state index in [1.807, 2.05) is 32.0 Å². The summed E-state index contributed by atoms with van der Waals surface area (Å²) in [6.45, 7) is 4.68. The van der Waals surface area contributed by atoms with Gasteiger partial charge in [0.25, 0.3) is 0 Å². The summed E-state index contributed by atoms with van der Waals surface area (Å²) >= 11 is 0. The quantitative estimate of drug-likeness (QED) is 0.782. The molecule has 0 fully saturated rings. The Balaban J connectivity index is 2.47. The molecular formula is C14H20N2O3. The fourth-order valence-electron chi connectivity index (χ4n) is 1.48. The Morgan fingerprint density at radius 2 is 1.79 bits per heavy atom. The topological polar surface area (TPSA) is 67.4 Å². The number of amides is 2. The number of carbonyl (C=O) groups excluding carboxylic acids is 2. The Morgan fingerprint density at radius 1 is 1.16 bits per heavy atom. The molecule has 5 heteroatoms. The van der Waals surface area contributed by atoms with Crippen molar-refractivity contribution in [1.82, 2.24) is 10.6 Å². The lowest BCUT2D eigenvalue weighted by Crippen LogP contribution is -2.40. The van der Waals surface area contributed by atoms with Crippen LogP contribution in [0.1, 0.15) is 19.4 Å². The van der Waals surface area contributed by atoms with E-state index in [-0.39, 0.29) is 6.54 Å². The number of carbonyl (C=O) groups is 2. The van der Waals surface area contributed by atoms with Gasteiger partial charge in [-0.25, -0.2) is 0 Å². The maximum absolute atomic E-state index is 11.6. The van der Waals surface area contributed by atoms with Crippen LogP contribution < -0.4 is 15.4 Å². The first-order chi connectivity index (χ1) is 9.04. The third-order valence-corrected chi connectivity index (χ3v) is 2.51. The predicted octanol–water partition coefficient (Wildman–Crippen LogP) is 1.08. The molecule has 5 nitrogen and oxygen atoms in total. The van der Waals surface area contributed by atoms with E-state index in [9.17, 15) is 9.59 Å². The van der Waals surface area contributed by atoms with Gasteiger partial charge in [-0.05, 0) is 12.0 Å². The third-order valence-electron chi connectivity index (χ3n) is 2.51. The van der Waals surface area contributed by atoms with E-state index in [0.717, 1.165) is 5.56 Å². The number of nitrogens with one attached hydrogen (secondary N) is 2. The number of rotatable bonds is 5. The molecule has 2 N–H and O–H groups in total. The van der Waals surface area contributed by atoms with Crippen molar-refractivity contribution in [3.63, 3.8) is 0 Å². The summed E-state index contributed by atoms with van der Waals surface area (Å²) in [5.41, 5.74) is 0.829. The van der Waals surface area contributed by atoms with Crippen LogP contribution in [0, 0.1) is 5.92 Å². The van der Waals surface area contributed by atoms with Crippen molar-refractivity contribution in [2.75, 3.05) is 13.7 Å². The molecule has 19 heavy (non-hydrogen) atoms. The molecule has 0 aliphatic carbocycles. The van der Waals surface area contributed by atoms with Gasteiger partial charge < -0.3 is 15.4 Å². The summed E-state index contributed by atoms with van der Waals surface area (Å²) in [5.74, 6) is -0.244. The van der Waals surface area contributed by atoms with Gasteiger partial charge in [0, 0.05) is 18.7 Å². The summed E-state index contributed by atoms with van der Waals surface area (Å²) in [4.78, 5) is 23.0. The van der Waals surface area contributed by atoms with Crippen molar-refractivity contribution in [3.05, 3.63) is 29.8 Å². The van der Waals surface area contributed by atoms with E-state index in [1.165, 1.54) is 0 Å². The van der Waals surface area contributed by atoms with Crippen molar-refractivity contribution in [1.29, 1.82) is 0 Å². The Labute approximate surface area is 113 Å². The van der Waals surface area contributed by atoms with Crippen molar-refractivity contribution in [2.45, 2.75) is 20.4 Å². The van der Waals surface area contributed by atoms with Crippen LogP contribution >= 0.6 is 0 Å². The van der Waals surface area contributed by atoms with Gasteiger partial charge in [0.2, 0.25) is 0 Å². The minimum Gasteiger partial charge on any atom is -0.496 e. The molecule has 0 aromatic heterocycles. The minimum absolute atomic E-state index is 0.262. The number of methoxy groups -OCH3 is 1. The van der Waals surface area contributed by atoms with E-state index in [2.05, 4.69) is 10.6 Å². The van der Waals surface area contributed by atoms with Crippen LogP contribution in [0.4, 0.5) is 0 Å². The third kappa shape index (κ3) is 4.99. The van der Waals surface area contributed by atoms with Gasteiger partial charge in [-0.1, -0.05) is 32.0 Å². The van der Waals surface area contributed by atoms with E-state index < -0.39 is 11.8 Å². The summed E-state index contributed by atoms with van der Waals surface area (Å²) in [5, 5.41) is 5.13. The number of benzene rings is 1. The Kier molecular flexibility index (Phi) is 5.85. The van der Waals surface area contributed by atoms with Crippen LogP contribution in [0.25, 0.3) is 0 Å². The zero-order valence-corrected chi connectivity index (χ0v) is 11.5. The number of ether oxygens (including phenoxy) is 1. The number of hydrogen-bond acceptors (Lipinski definition) is 3. The number of hydrogen-bond donors (Lipinski definition) is 2. The van der Waals surface area contributed by atoms with Crippen molar-refractivity contribution >= 4 is 11.8 Å². The highest BCUT2D eigenvalue weighted by Gasteiger charge is 2.13. The second-order valence-corrected chi connectivity index (χ2v) is 4.60. The van der Waals surface area contributed by atoms with Gasteiger partial charge in [0.15, 0.2) is 0 Å². The smallest absolute Gasteiger partial charge is 0.309 e. The first-order valence-electron chi connectivity index (χ1n) is 6.22. The average molecular weight is 264 g/mol. The molecule has 0 atom stereocenters. The molecule has 0 aliphatic rings. The Hall–Kier alpha value is -2.04. The summed E-state index contributed by atoms with van der Waals surface area (Å²) in [6, 6.07) is 7.34. The van der Waals surface area contributed by atoms with Crippen LogP contribution in [0.15, 0.2) is 24.3 Å². The van der Waals surface area contributed by atoms with Crippen molar-refractivity contribution < 1.29 is 14.3 Å². The lowest BCUT2D eigenvalue weighted by molar-refractivity contribution is -0.139. The Bertz CT molecular complexity index is 444. The van der Waals surface area contributed by atoms with Crippen LogP contribution in [0.5, 0.6) is 5.75 Å². The Morgan fingerprint density at radius 3 is 2.42 bits per heavy atom. The zero-order valence-electron chi connectivity index (χ0n) is 11.5. The van der Waals surface area contributed by atoms with Gasteiger partial charge >= 0.3 is 11.8 Å². The summed E-state index contributed by atoms with van der Waals surface area (Å²) in [6.07, 6.45) is 0. The van der Waals surface area contributed by atoms with E-state index in [4.69, 9.17) is 4.74 Å². The van der Waals surface area contributed by atoms with E-state index in [0.29, 0.717) is 18.2 Å². The first-order valence-corrected chi connectivity index (χ1v) is 6.22. The molecule has 0 spiro atoms. The highest BCUT2D eigenvalue weighted by Crippen LogP contribution is 2.16. The fourth-order valence-corrected chi connectivity index (χ4v) is 1.48. The second kappa shape index (κ2) is 7.41. The normalized spacial score (nSPS) is 10.1. The van der Waals surface area contributed by atoms with Crippen molar-refractivity contribution in [3.8, 4) is 5.75 Å². The van der Waals surface area contributed by atoms with Crippen LogP contribution in [0.2, 0.25) is 0 Å². The molecule has 0 saturated carbocycles. The molecule has 104 valence electrons. The highest BCUT2D eigenvalue weighted by atomic mass is 16.5. The lowest BCUT2D eigenvalue weighted by Gasteiger charge is -2.10. The predicted molar refractivity (Wildman–Crippen MR) is 72.7 cm³/mol. The molecule has 0 aliphatic heterocycles. The molecule has 2 amide bonds. The van der Waals surface area contributed by atoms with E-state index >= 15 is 0 Å².